The van der Waals surface area contributed by atoms with Gasteiger partial charge in [0.25, 0.3) is 0 Å². The summed E-state index contributed by atoms with van der Waals surface area (Å²) in [5, 5.41) is 3.61. The van der Waals surface area contributed by atoms with Crippen molar-refractivity contribution in [2.24, 2.45) is 11.8 Å². The Labute approximate surface area is 177 Å². The highest BCUT2D eigenvalue weighted by molar-refractivity contribution is 5.68. The van der Waals surface area contributed by atoms with E-state index in [0.29, 0.717) is 17.9 Å². The maximum Gasteiger partial charge on any atom is 0.410 e. The summed E-state index contributed by atoms with van der Waals surface area (Å²) in [6.07, 6.45) is -0.204. The molecule has 0 bridgehead atoms. The van der Waals surface area contributed by atoms with Crippen LogP contribution in [0, 0.1) is 11.8 Å². The lowest BCUT2D eigenvalue weighted by Gasteiger charge is -2.33. The number of carbonyl (C=O) groups is 1. The highest BCUT2D eigenvalue weighted by Gasteiger charge is 2.36. The van der Waals surface area contributed by atoms with Crippen molar-refractivity contribution < 1.29 is 9.53 Å². The Morgan fingerprint density at radius 2 is 1.76 bits per heavy atom. The molecular weight excluding hydrogens is 362 g/mol. The molecule has 1 N–H and O–H groups in total. The first-order chi connectivity index (χ1) is 13.5. The fraction of sp³-hybridized carbons (Fsp3) is 0.708. The quantitative estimate of drug-likeness (QED) is 0.700. The third-order valence-electron chi connectivity index (χ3n) is 5.37. The van der Waals surface area contributed by atoms with E-state index in [2.05, 4.69) is 68.2 Å². The maximum absolute atomic E-state index is 12.8. The first-order valence-corrected chi connectivity index (χ1v) is 11.0. The molecule has 2 rings (SSSR count). The van der Waals surface area contributed by atoms with E-state index in [1.54, 1.807) is 0 Å². The second kappa shape index (κ2) is 10.4. The lowest BCUT2D eigenvalue weighted by atomic mass is 9.95. The Morgan fingerprint density at radius 1 is 1.14 bits per heavy atom. The fourth-order valence-corrected chi connectivity index (χ4v) is 3.90. The van der Waals surface area contributed by atoms with Gasteiger partial charge in [0.2, 0.25) is 0 Å². The molecule has 0 saturated carbocycles. The standard InChI is InChI=1S/C24H41N3O2/c1-18(2)25-13-21-15-26(14-20-11-9-8-10-12-20)16-22(21)17-27(19(3)4)23(28)29-24(5,6)7/h8-12,18-19,21-22,25H,13-17H2,1-7H3/t21-,22?/m0/s1. The van der Waals surface area contributed by atoms with E-state index < -0.39 is 5.60 Å². The molecular formula is C24H41N3O2. The summed E-state index contributed by atoms with van der Waals surface area (Å²) in [4.78, 5) is 17.2. The minimum atomic E-state index is -0.474. The van der Waals surface area contributed by atoms with E-state index in [1.807, 2.05) is 25.7 Å². The number of nitrogens with zero attached hydrogens (tertiary/aromatic N) is 2. The summed E-state index contributed by atoms with van der Waals surface area (Å²) in [6.45, 7) is 19.0. The van der Waals surface area contributed by atoms with Crippen molar-refractivity contribution in [3.8, 4) is 0 Å². The minimum absolute atomic E-state index is 0.117. The maximum atomic E-state index is 12.8. The van der Waals surface area contributed by atoms with Crippen LogP contribution in [0.4, 0.5) is 4.79 Å². The van der Waals surface area contributed by atoms with Gasteiger partial charge in [-0.2, -0.15) is 0 Å². The van der Waals surface area contributed by atoms with Crippen LogP contribution in [0.5, 0.6) is 0 Å². The van der Waals surface area contributed by atoms with Gasteiger partial charge in [-0.1, -0.05) is 44.2 Å². The minimum Gasteiger partial charge on any atom is -0.444 e. The Hall–Kier alpha value is -1.59. The molecule has 1 aromatic rings. The first kappa shape index (κ1) is 23.7. The number of likely N-dealkylation sites (tertiary alicyclic amines) is 1. The molecule has 0 aliphatic carbocycles. The first-order valence-electron chi connectivity index (χ1n) is 11.0. The molecule has 5 nitrogen and oxygen atoms in total. The molecule has 164 valence electrons. The highest BCUT2D eigenvalue weighted by Crippen LogP contribution is 2.27. The molecule has 2 atom stereocenters. The second-order valence-corrected chi connectivity index (χ2v) is 9.99. The van der Waals surface area contributed by atoms with Crippen LogP contribution in [-0.2, 0) is 11.3 Å². The number of amides is 1. The van der Waals surface area contributed by atoms with Crippen LogP contribution in [0.1, 0.15) is 54.0 Å². The molecule has 1 aliphatic heterocycles. The topological polar surface area (TPSA) is 44.8 Å². The van der Waals surface area contributed by atoms with Gasteiger partial charge in [-0.05, 0) is 58.6 Å². The van der Waals surface area contributed by atoms with Gasteiger partial charge >= 0.3 is 6.09 Å². The summed E-state index contributed by atoms with van der Waals surface area (Å²) in [6, 6.07) is 11.2. The van der Waals surface area contributed by atoms with Gasteiger partial charge in [0.05, 0.1) is 0 Å². The lowest BCUT2D eigenvalue weighted by Crippen LogP contribution is -2.45. The predicted molar refractivity (Wildman–Crippen MR) is 120 cm³/mol. The van der Waals surface area contributed by atoms with Crippen LogP contribution in [0.3, 0.4) is 0 Å². The normalized spacial score (nSPS) is 20.4. The van der Waals surface area contributed by atoms with Gasteiger partial charge in [0.1, 0.15) is 5.60 Å². The molecule has 1 saturated heterocycles. The second-order valence-electron chi connectivity index (χ2n) is 9.99. The van der Waals surface area contributed by atoms with E-state index in [-0.39, 0.29) is 12.1 Å². The number of carbonyl (C=O) groups excluding carboxylic acids is 1. The van der Waals surface area contributed by atoms with E-state index in [0.717, 1.165) is 32.7 Å². The van der Waals surface area contributed by atoms with Crippen LogP contribution in [0.15, 0.2) is 30.3 Å². The number of hydrogen-bond acceptors (Lipinski definition) is 4. The Morgan fingerprint density at radius 3 is 2.31 bits per heavy atom. The lowest BCUT2D eigenvalue weighted by molar-refractivity contribution is 0.0146. The van der Waals surface area contributed by atoms with Gasteiger partial charge in [0, 0.05) is 38.3 Å². The zero-order valence-electron chi connectivity index (χ0n) is 19.4. The van der Waals surface area contributed by atoms with Crippen molar-refractivity contribution in [2.45, 2.75) is 72.7 Å². The number of benzene rings is 1. The summed E-state index contributed by atoms with van der Waals surface area (Å²) < 4.78 is 5.69. The van der Waals surface area contributed by atoms with Crippen molar-refractivity contribution in [3.05, 3.63) is 35.9 Å². The smallest absolute Gasteiger partial charge is 0.410 e. The van der Waals surface area contributed by atoms with Gasteiger partial charge in [-0.3, -0.25) is 4.90 Å². The Bertz CT molecular complexity index is 625. The molecule has 0 radical (unpaired) electrons. The predicted octanol–water partition coefficient (Wildman–Crippen LogP) is 4.38. The van der Waals surface area contributed by atoms with Gasteiger partial charge in [0.15, 0.2) is 0 Å². The third kappa shape index (κ3) is 7.98. The third-order valence-corrected chi connectivity index (χ3v) is 5.37. The highest BCUT2D eigenvalue weighted by atomic mass is 16.6. The molecule has 1 aliphatic rings. The average Bonchev–Trinajstić information content (AvgIpc) is 2.98. The number of nitrogens with one attached hydrogen (secondary N) is 1. The molecule has 1 heterocycles. The SMILES string of the molecule is CC(C)NC[C@H]1CN(Cc2ccccc2)CC1CN(C(=O)OC(C)(C)C)C(C)C. The summed E-state index contributed by atoms with van der Waals surface area (Å²) in [5.74, 6) is 0.949. The van der Waals surface area contributed by atoms with Gasteiger partial charge in [-0.25, -0.2) is 4.79 Å². The van der Waals surface area contributed by atoms with Crippen molar-refractivity contribution >= 4 is 6.09 Å². The number of ether oxygens (including phenoxy) is 1. The zero-order chi connectivity index (χ0) is 21.6. The van der Waals surface area contributed by atoms with Crippen LogP contribution >= 0.6 is 0 Å². The molecule has 5 heteroatoms. The fourth-order valence-electron chi connectivity index (χ4n) is 3.90. The van der Waals surface area contributed by atoms with Gasteiger partial charge in [-0.15, -0.1) is 0 Å². The van der Waals surface area contributed by atoms with E-state index in [9.17, 15) is 4.79 Å². The molecule has 1 aromatic carbocycles. The molecule has 1 amide bonds. The largest absolute Gasteiger partial charge is 0.444 e. The van der Waals surface area contributed by atoms with Crippen molar-refractivity contribution in [3.63, 3.8) is 0 Å². The van der Waals surface area contributed by atoms with Crippen molar-refractivity contribution in [2.75, 3.05) is 26.2 Å². The summed E-state index contributed by atoms with van der Waals surface area (Å²) in [7, 11) is 0. The van der Waals surface area contributed by atoms with Crippen LogP contribution in [0.2, 0.25) is 0 Å². The summed E-state index contributed by atoms with van der Waals surface area (Å²) in [5.41, 5.74) is 0.870. The molecule has 0 aromatic heterocycles. The van der Waals surface area contributed by atoms with Crippen molar-refractivity contribution in [1.29, 1.82) is 0 Å². The zero-order valence-corrected chi connectivity index (χ0v) is 19.4. The van der Waals surface area contributed by atoms with Crippen LogP contribution in [0.25, 0.3) is 0 Å². The molecule has 1 unspecified atom stereocenters. The van der Waals surface area contributed by atoms with Crippen LogP contribution < -0.4 is 5.32 Å². The molecule has 0 spiro atoms. The number of hydrogen-bond donors (Lipinski definition) is 1. The Balaban J connectivity index is 2.08. The molecule has 1 fully saturated rings. The number of rotatable bonds is 8. The van der Waals surface area contributed by atoms with E-state index in [4.69, 9.17) is 4.74 Å². The molecule has 29 heavy (non-hydrogen) atoms. The summed E-state index contributed by atoms with van der Waals surface area (Å²) >= 11 is 0. The van der Waals surface area contributed by atoms with Crippen molar-refractivity contribution in [1.82, 2.24) is 15.1 Å². The van der Waals surface area contributed by atoms with Crippen LogP contribution in [-0.4, -0.2) is 59.8 Å². The average molecular weight is 404 g/mol. The Kier molecular flexibility index (Phi) is 8.53. The van der Waals surface area contributed by atoms with E-state index >= 15 is 0 Å². The van der Waals surface area contributed by atoms with Gasteiger partial charge < -0.3 is 15.0 Å². The van der Waals surface area contributed by atoms with E-state index in [1.165, 1.54) is 5.56 Å². The monoisotopic (exact) mass is 403 g/mol.